The Kier molecular flexibility index (Phi) is 5.74. The number of nitro groups is 1. The first-order valence-electron chi connectivity index (χ1n) is 10.2. The highest BCUT2D eigenvalue weighted by Crippen LogP contribution is 2.36. The maximum atomic E-state index is 13.6. The van der Waals surface area contributed by atoms with E-state index in [0.717, 1.165) is 21.6 Å². The molecule has 0 aliphatic carbocycles. The van der Waals surface area contributed by atoms with Crippen LogP contribution in [0, 0.1) is 30.9 Å². The first kappa shape index (κ1) is 22.2. The van der Waals surface area contributed by atoms with Crippen LogP contribution in [0.3, 0.4) is 0 Å². The van der Waals surface area contributed by atoms with Gasteiger partial charge < -0.3 is 5.32 Å². The SMILES string of the molecule is Cc1cc(C)cc(N2C(=O)C(Nc3cccc(Cl)c3C)=C(c3ccc([N+](=O)[O-])cc3)C2=O)c1. The highest BCUT2D eigenvalue weighted by Gasteiger charge is 2.40. The van der Waals surface area contributed by atoms with Crippen LogP contribution in [0.2, 0.25) is 5.02 Å². The Morgan fingerprint density at radius 2 is 1.55 bits per heavy atom. The maximum absolute atomic E-state index is 13.6. The lowest BCUT2D eigenvalue weighted by molar-refractivity contribution is -0.384. The van der Waals surface area contributed by atoms with Crippen LogP contribution < -0.4 is 10.2 Å². The smallest absolute Gasteiger partial charge is 0.282 e. The molecule has 8 heteroatoms. The Bertz CT molecular complexity index is 1330. The molecule has 1 aliphatic rings. The van der Waals surface area contributed by atoms with Crippen LogP contribution in [0.1, 0.15) is 22.3 Å². The van der Waals surface area contributed by atoms with Gasteiger partial charge in [-0.25, -0.2) is 4.90 Å². The van der Waals surface area contributed by atoms with Crippen LogP contribution in [0.15, 0.2) is 66.4 Å². The zero-order valence-electron chi connectivity index (χ0n) is 18.2. The second kappa shape index (κ2) is 8.52. The molecule has 0 spiro atoms. The van der Waals surface area contributed by atoms with E-state index in [1.165, 1.54) is 24.3 Å². The number of amides is 2. The van der Waals surface area contributed by atoms with E-state index >= 15 is 0 Å². The molecule has 0 fully saturated rings. The summed E-state index contributed by atoms with van der Waals surface area (Å²) in [6.45, 7) is 5.58. The van der Waals surface area contributed by atoms with Crippen molar-refractivity contribution >= 4 is 46.1 Å². The van der Waals surface area contributed by atoms with Crippen molar-refractivity contribution in [2.24, 2.45) is 0 Å². The lowest BCUT2D eigenvalue weighted by Gasteiger charge is -2.17. The molecule has 1 heterocycles. The number of benzene rings is 3. The highest BCUT2D eigenvalue weighted by atomic mass is 35.5. The Morgan fingerprint density at radius 3 is 2.15 bits per heavy atom. The zero-order chi connectivity index (χ0) is 23.9. The van der Waals surface area contributed by atoms with Crippen molar-refractivity contribution in [3.63, 3.8) is 0 Å². The minimum atomic E-state index is -0.518. The van der Waals surface area contributed by atoms with Crippen LogP contribution in [-0.2, 0) is 9.59 Å². The highest BCUT2D eigenvalue weighted by molar-refractivity contribution is 6.46. The van der Waals surface area contributed by atoms with E-state index < -0.39 is 16.7 Å². The standard InChI is InChI=1S/C25H20ClN3O4/c1-14-11-15(2)13-19(12-14)28-24(30)22(17-7-9-18(10-8-17)29(32)33)23(25(28)31)27-21-6-4-5-20(26)16(21)3/h4-13,27H,1-3H3. The third-order valence-electron chi connectivity index (χ3n) is 5.44. The number of nitrogens with zero attached hydrogens (tertiary/aromatic N) is 2. The van der Waals surface area contributed by atoms with E-state index in [1.54, 1.807) is 37.3 Å². The van der Waals surface area contributed by atoms with Crippen molar-refractivity contribution in [1.82, 2.24) is 0 Å². The fraction of sp³-hybridized carbons (Fsp3) is 0.120. The van der Waals surface area contributed by atoms with Crippen molar-refractivity contribution in [3.05, 3.63) is 104 Å². The van der Waals surface area contributed by atoms with Crippen molar-refractivity contribution in [3.8, 4) is 0 Å². The molecule has 1 N–H and O–H groups in total. The summed E-state index contributed by atoms with van der Waals surface area (Å²) in [6, 6.07) is 16.3. The minimum absolute atomic E-state index is 0.0818. The average molecular weight is 462 g/mol. The van der Waals surface area contributed by atoms with Crippen LogP contribution in [0.25, 0.3) is 5.57 Å². The molecule has 1 aliphatic heterocycles. The number of carbonyl (C=O) groups is 2. The van der Waals surface area contributed by atoms with Gasteiger partial charge in [-0.2, -0.15) is 0 Å². The Morgan fingerprint density at radius 1 is 0.909 bits per heavy atom. The van der Waals surface area contributed by atoms with Gasteiger partial charge in [-0.15, -0.1) is 0 Å². The number of carbonyl (C=O) groups excluding carboxylic acids is 2. The zero-order valence-corrected chi connectivity index (χ0v) is 18.9. The van der Waals surface area contributed by atoms with E-state index in [2.05, 4.69) is 5.32 Å². The van der Waals surface area contributed by atoms with E-state index in [9.17, 15) is 19.7 Å². The molecule has 0 aromatic heterocycles. The number of imide groups is 1. The van der Waals surface area contributed by atoms with Gasteiger partial charge in [0.15, 0.2) is 0 Å². The number of hydrogen-bond donors (Lipinski definition) is 1. The molecule has 4 rings (SSSR count). The number of nitro benzene ring substituents is 1. The quantitative estimate of drug-likeness (QED) is 0.304. The van der Waals surface area contributed by atoms with Gasteiger partial charge in [0.25, 0.3) is 17.5 Å². The van der Waals surface area contributed by atoms with Crippen molar-refractivity contribution in [2.75, 3.05) is 10.2 Å². The summed E-state index contributed by atoms with van der Waals surface area (Å²) >= 11 is 6.24. The number of anilines is 2. The van der Waals surface area contributed by atoms with E-state index in [1.807, 2.05) is 19.9 Å². The van der Waals surface area contributed by atoms with Gasteiger partial charge in [-0.05, 0) is 79.4 Å². The fourth-order valence-electron chi connectivity index (χ4n) is 3.86. The summed E-state index contributed by atoms with van der Waals surface area (Å²) in [5, 5.41) is 14.7. The van der Waals surface area contributed by atoms with Gasteiger partial charge in [0, 0.05) is 22.8 Å². The first-order chi connectivity index (χ1) is 15.7. The number of hydrogen-bond acceptors (Lipinski definition) is 5. The molecule has 0 saturated carbocycles. The van der Waals surface area contributed by atoms with Gasteiger partial charge in [-0.1, -0.05) is 23.7 Å². The Labute approximate surface area is 195 Å². The largest absolute Gasteiger partial charge is 0.350 e. The Balaban J connectivity index is 1.86. The van der Waals surface area contributed by atoms with E-state index in [0.29, 0.717) is 22.0 Å². The number of nitrogens with one attached hydrogen (secondary N) is 1. The monoisotopic (exact) mass is 461 g/mol. The summed E-state index contributed by atoms with van der Waals surface area (Å²) in [5.74, 6) is -1.03. The number of aryl methyl sites for hydroxylation is 2. The van der Waals surface area contributed by atoms with Crippen LogP contribution in [-0.4, -0.2) is 16.7 Å². The minimum Gasteiger partial charge on any atom is -0.350 e. The predicted octanol–water partition coefficient (Wildman–Crippen LogP) is 5.57. The maximum Gasteiger partial charge on any atom is 0.282 e. The van der Waals surface area contributed by atoms with Gasteiger partial charge in [0.05, 0.1) is 16.2 Å². The number of non-ortho nitro benzene ring substituents is 1. The summed E-state index contributed by atoms with van der Waals surface area (Å²) in [7, 11) is 0. The van der Waals surface area contributed by atoms with Crippen molar-refractivity contribution < 1.29 is 14.5 Å². The van der Waals surface area contributed by atoms with Crippen LogP contribution in [0.5, 0.6) is 0 Å². The van der Waals surface area contributed by atoms with Gasteiger partial charge in [-0.3, -0.25) is 19.7 Å². The number of rotatable bonds is 5. The van der Waals surface area contributed by atoms with Crippen molar-refractivity contribution in [1.29, 1.82) is 0 Å². The van der Waals surface area contributed by atoms with Crippen LogP contribution >= 0.6 is 11.6 Å². The predicted molar refractivity (Wildman–Crippen MR) is 128 cm³/mol. The second-order valence-corrected chi connectivity index (χ2v) is 8.29. The molecule has 0 bridgehead atoms. The normalized spacial score (nSPS) is 13.6. The molecular weight excluding hydrogens is 442 g/mol. The second-order valence-electron chi connectivity index (χ2n) is 7.88. The Hall–Kier alpha value is -3.97. The molecule has 33 heavy (non-hydrogen) atoms. The third kappa shape index (κ3) is 4.10. The molecule has 3 aromatic carbocycles. The summed E-state index contributed by atoms with van der Waals surface area (Å²) in [4.78, 5) is 38.8. The molecule has 0 unspecified atom stereocenters. The van der Waals surface area contributed by atoms with Crippen molar-refractivity contribution in [2.45, 2.75) is 20.8 Å². The summed E-state index contributed by atoms with van der Waals surface area (Å²) in [5.41, 5.74) is 4.09. The topological polar surface area (TPSA) is 92.6 Å². The molecule has 7 nitrogen and oxygen atoms in total. The van der Waals surface area contributed by atoms with Gasteiger partial charge in [0.2, 0.25) is 0 Å². The molecule has 0 saturated heterocycles. The number of halogens is 1. The molecule has 2 amide bonds. The summed E-state index contributed by atoms with van der Waals surface area (Å²) < 4.78 is 0. The van der Waals surface area contributed by atoms with Gasteiger partial charge in [0.1, 0.15) is 5.70 Å². The molecule has 0 radical (unpaired) electrons. The van der Waals surface area contributed by atoms with Gasteiger partial charge >= 0.3 is 0 Å². The fourth-order valence-corrected chi connectivity index (χ4v) is 4.03. The van der Waals surface area contributed by atoms with E-state index in [-0.39, 0.29) is 17.0 Å². The first-order valence-corrected chi connectivity index (χ1v) is 10.5. The molecular formula is C25H20ClN3O4. The third-order valence-corrected chi connectivity index (χ3v) is 5.85. The summed E-state index contributed by atoms with van der Waals surface area (Å²) in [6.07, 6.45) is 0. The van der Waals surface area contributed by atoms with Crippen LogP contribution in [0.4, 0.5) is 17.1 Å². The lowest BCUT2D eigenvalue weighted by atomic mass is 10.0. The van der Waals surface area contributed by atoms with E-state index in [4.69, 9.17) is 11.6 Å². The molecule has 166 valence electrons. The molecule has 3 aromatic rings. The lowest BCUT2D eigenvalue weighted by Crippen LogP contribution is -2.32. The molecule has 0 atom stereocenters. The average Bonchev–Trinajstić information content (AvgIpc) is 3.00.